The number of fused-ring (bicyclic) bond motifs is 1. The number of allylic oxidation sites excluding steroid dienone is 1. The number of esters is 1. The SMILES string of the molecule is CCOC(=O)C1=C(CC(C)C)N2C(=NC(c3ccc(I)cc3)C2c2ccc(Cl)cc2)S1. The number of aliphatic imine (C=N–C) groups is 1. The minimum atomic E-state index is -0.263. The number of halogens is 2. The van der Waals surface area contributed by atoms with E-state index >= 15 is 0 Å². The fourth-order valence-corrected chi connectivity index (χ4v) is 5.57. The fraction of sp³-hybridized carbons (Fsp3) is 0.333. The molecule has 2 heterocycles. The lowest BCUT2D eigenvalue weighted by atomic mass is 9.92. The van der Waals surface area contributed by atoms with Crippen molar-refractivity contribution in [3.63, 3.8) is 0 Å². The topological polar surface area (TPSA) is 41.9 Å². The first-order valence-electron chi connectivity index (χ1n) is 10.3. The van der Waals surface area contributed by atoms with Crippen LogP contribution in [0.2, 0.25) is 5.02 Å². The molecule has 0 fully saturated rings. The molecule has 0 spiro atoms. The monoisotopic (exact) mass is 566 g/mol. The number of carbonyl (C=O) groups is 1. The van der Waals surface area contributed by atoms with Gasteiger partial charge in [0.1, 0.15) is 10.9 Å². The van der Waals surface area contributed by atoms with Gasteiger partial charge >= 0.3 is 5.97 Å². The Morgan fingerprint density at radius 1 is 1.16 bits per heavy atom. The van der Waals surface area contributed by atoms with Crippen LogP contribution >= 0.6 is 46.0 Å². The summed E-state index contributed by atoms with van der Waals surface area (Å²) in [4.78, 5) is 20.8. The lowest BCUT2D eigenvalue weighted by molar-refractivity contribution is -0.137. The molecule has 4 rings (SSSR count). The minimum absolute atomic E-state index is 0.0412. The van der Waals surface area contributed by atoms with Crippen LogP contribution in [0.5, 0.6) is 0 Å². The summed E-state index contributed by atoms with van der Waals surface area (Å²) in [7, 11) is 0. The summed E-state index contributed by atoms with van der Waals surface area (Å²) < 4.78 is 6.56. The average molecular weight is 567 g/mol. The number of nitrogens with zero attached hydrogens (tertiary/aromatic N) is 2. The summed E-state index contributed by atoms with van der Waals surface area (Å²) >= 11 is 9.93. The van der Waals surface area contributed by atoms with Crippen LogP contribution in [-0.2, 0) is 9.53 Å². The highest BCUT2D eigenvalue weighted by atomic mass is 127. The normalized spacial score (nSPS) is 20.3. The van der Waals surface area contributed by atoms with E-state index in [1.165, 1.54) is 15.3 Å². The number of benzene rings is 2. The van der Waals surface area contributed by atoms with E-state index in [-0.39, 0.29) is 18.1 Å². The Bertz CT molecular complexity index is 1030. The van der Waals surface area contributed by atoms with Crippen molar-refractivity contribution in [1.82, 2.24) is 4.90 Å². The predicted octanol–water partition coefficient (Wildman–Crippen LogP) is 6.97. The number of amidine groups is 1. The highest BCUT2D eigenvalue weighted by molar-refractivity contribution is 14.1. The third-order valence-electron chi connectivity index (χ3n) is 5.26. The minimum Gasteiger partial charge on any atom is -0.462 e. The summed E-state index contributed by atoms with van der Waals surface area (Å²) in [5, 5.41) is 1.57. The third kappa shape index (κ3) is 4.66. The first-order valence-corrected chi connectivity index (χ1v) is 12.6. The summed E-state index contributed by atoms with van der Waals surface area (Å²) in [6.45, 7) is 6.53. The number of hydrogen-bond acceptors (Lipinski definition) is 5. The summed E-state index contributed by atoms with van der Waals surface area (Å²) in [6.07, 6.45) is 0.781. The van der Waals surface area contributed by atoms with E-state index in [1.807, 2.05) is 19.1 Å². The first-order chi connectivity index (χ1) is 14.9. The van der Waals surface area contributed by atoms with Gasteiger partial charge in [-0.05, 0) is 89.0 Å². The van der Waals surface area contributed by atoms with Crippen LogP contribution < -0.4 is 0 Å². The summed E-state index contributed by atoms with van der Waals surface area (Å²) in [5.74, 6) is 0.128. The number of thioether (sulfide) groups is 1. The van der Waals surface area contributed by atoms with Crippen molar-refractivity contribution >= 4 is 57.1 Å². The van der Waals surface area contributed by atoms with Crippen LogP contribution in [0.25, 0.3) is 0 Å². The Kier molecular flexibility index (Phi) is 6.98. The molecule has 31 heavy (non-hydrogen) atoms. The lowest BCUT2D eigenvalue weighted by Gasteiger charge is -2.30. The molecule has 0 saturated heterocycles. The van der Waals surface area contributed by atoms with Gasteiger partial charge in [-0.1, -0.05) is 49.7 Å². The molecule has 0 aromatic heterocycles. The van der Waals surface area contributed by atoms with E-state index < -0.39 is 0 Å². The van der Waals surface area contributed by atoms with Crippen molar-refractivity contribution in [2.24, 2.45) is 10.9 Å². The predicted molar refractivity (Wildman–Crippen MR) is 136 cm³/mol. The Labute approximate surface area is 206 Å². The molecular weight excluding hydrogens is 543 g/mol. The van der Waals surface area contributed by atoms with Gasteiger partial charge in [-0.25, -0.2) is 4.79 Å². The molecule has 2 atom stereocenters. The zero-order valence-corrected chi connectivity index (χ0v) is 21.4. The van der Waals surface area contributed by atoms with E-state index in [0.29, 0.717) is 22.5 Å². The van der Waals surface area contributed by atoms with Crippen LogP contribution in [0.4, 0.5) is 0 Å². The molecule has 0 amide bonds. The largest absolute Gasteiger partial charge is 0.462 e. The van der Waals surface area contributed by atoms with Gasteiger partial charge in [0.15, 0.2) is 5.17 Å². The molecule has 2 unspecified atom stereocenters. The molecule has 4 nitrogen and oxygen atoms in total. The summed E-state index contributed by atoms with van der Waals surface area (Å²) in [6, 6.07) is 16.4. The standard InChI is InChI=1S/C24H24ClIN2O2S/c1-4-30-23(29)22-19(13-14(2)3)28-21(16-5-9-17(25)10-6-16)20(27-24(28)31-22)15-7-11-18(26)12-8-15/h5-12,14,20-21H,4,13H2,1-3H3. The van der Waals surface area contributed by atoms with Gasteiger partial charge < -0.3 is 9.64 Å². The molecule has 0 radical (unpaired) electrons. The quantitative estimate of drug-likeness (QED) is 0.280. The van der Waals surface area contributed by atoms with E-state index in [0.717, 1.165) is 28.4 Å². The van der Waals surface area contributed by atoms with Crippen molar-refractivity contribution in [2.45, 2.75) is 39.3 Å². The Morgan fingerprint density at radius 2 is 1.81 bits per heavy atom. The van der Waals surface area contributed by atoms with Crippen LogP contribution in [0.3, 0.4) is 0 Å². The maximum atomic E-state index is 12.7. The molecule has 162 valence electrons. The van der Waals surface area contributed by atoms with Gasteiger partial charge in [-0.2, -0.15) is 0 Å². The first kappa shape index (κ1) is 22.7. The molecule has 0 aliphatic carbocycles. The molecule has 0 bridgehead atoms. The van der Waals surface area contributed by atoms with Gasteiger partial charge in [0.25, 0.3) is 0 Å². The van der Waals surface area contributed by atoms with E-state index in [1.54, 1.807) is 0 Å². The zero-order chi connectivity index (χ0) is 22.1. The van der Waals surface area contributed by atoms with Gasteiger partial charge in [-0.3, -0.25) is 4.99 Å². The molecule has 2 aromatic carbocycles. The maximum absolute atomic E-state index is 12.7. The molecule has 2 aliphatic rings. The van der Waals surface area contributed by atoms with Crippen LogP contribution in [0.15, 0.2) is 64.1 Å². The molecule has 7 heteroatoms. The van der Waals surface area contributed by atoms with E-state index in [2.05, 4.69) is 77.7 Å². The van der Waals surface area contributed by atoms with Crippen molar-refractivity contribution in [1.29, 1.82) is 0 Å². The average Bonchev–Trinajstić information content (AvgIpc) is 3.26. The lowest BCUT2D eigenvalue weighted by Crippen LogP contribution is -2.28. The highest BCUT2D eigenvalue weighted by Gasteiger charge is 2.46. The number of hydrogen-bond donors (Lipinski definition) is 0. The zero-order valence-electron chi connectivity index (χ0n) is 17.6. The number of carbonyl (C=O) groups excluding carboxylic acids is 1. The van der Waals surface area contributed by atoms with Crippen molar-refractivity contribution in [3.8, 4) is 0 Å². The van der Waals surface area contributed by atoms with Gasteiger partial charge in [0, 0.05) is 14.3 Å². The second kappa shape index (κ2) is 9.55. The Morgan fingerprint density at radius 3 is 2.42 bits per heavy atom. The molecule has 2 aliphatic heterocycles. The molecule has 2 aromatic rings. The maximum Gasteiger partial charge on any atom is 0.346 e. The van der Waals surface area contributed by atoms with Gasteiger partial charge in [-0.15, -0.1) is 0 Å². The number of rotatable bonds is 6. The molecular formula is C24H24ClIN2O2S. The number of ether oxygens (including phenoxy) is 1. The van der Waals surface area contributed by atoms with Gasteiger partial charge in [0.05, 0.1) is 12.6 Å². The van der Waals surface area contributed by atoms with E-state index in [9.17, 15) is 4.79 Å². The Balaban J connectivity index is 1.82. The van der Waals surface area contributed by atoms with Crippen LogP contribution in [0, 0.1) is 9.49 Å². The second-order valence-corrected chi connectivity index (χ2v) is 10.6. The molecule has 0 saturated carbocycles. The van der Waals surface area contributed by atoms with E-state index in [4.69, 9.17) is 21.3 Å². The second-order valence-electron chi connectivity index (χ2n) is 7.97. The third-order valence-corrected chi connectivity index (χ3v) is 7.33. The highest BCUT2D eigenvalue weighted by Crippen LogP contribution is 2.53. The van der Waals surface area contributed by atoms with Gasteiger partial charge in [0.2, 0.25) is 0 Å². The Hall–Kier alpha value is -1.51. The van der Waals surface area contributed by atoms with Crippen molar-refractivity contribution in [2.75, 3.05) is 6.61 Å². The fourth-order valence-electron chi connectivity index (χ4n) is 3.97. The van der Waals surface area contributed by atoms with Crippen molar-refractivity contribution in [3.05, 3.63) is 78.9 Å². The van der Waals surface area contributed by atoms with Crippen molar-refractivity contribution < 1.29 is 9.53 Å². The summed E-state index contributed by atoms with van der Waals surface area (Å²) in [5.41, 5.74) is 3.29. The molecule has 0 N–H and O–H groups in total. The van der Waals surface area contributed by atoms with Crippen LogP contribution in [0.1, 0.15) is 50.4 Å². The smallest absolute Gasteiger partial charge is 0.346 e. The van der Waals surface area contributed by atoms with Crippen LogP contribution in [-0.4, -0.2) is 22.6 Å².